The predicted molar refractivity (Wildman–Crippen MR) is 134 cm³/mol. The van der Waals surface area contributed by atoms with Crippen molar-refractivity contribution in [3.63, 3.8) is 0 Å². The van der Waals surface area contributed by atoms with Gasteiger partial charge < -0.3 is 64.2 Å². The molecule has 2 heterocycles. The molecule has 0 spiro atoms. The number of ether oxygens (including phenoxy) is 6. The molecule has 8 atom stereocenters. The lowest BCUT2D eigenvalue weighted by Gasteiger charge is -2.42. The van der Waals surface area contributed by atoms with Gasteiger partial charge in [-0.3, -0.25) is 4.79 Å². The number of benzene rings is 1. The molecule has 0 bridgehead atoms. The van der Waals surface area contributed by atoms with Crippen LogP contribution in [0, 0.1) is 5.92 Å². The van der Waals surface area contributed by atoms with E-state index in [1.165, 1.54) is 31.4 Å². The van der Waals surface area contributed by atoms with E-state index in [1.807, 2.05) is 0 Å². The summed E-state index contributed by atoms with van der Waals surface area (Å²) in [5.41, 5.74) is 0.339. The highest BCUT2D eigenvalue weighted by Gasteiger charge is 2.47. The Morgan fingerprint density at radius 1 is 1.05 bits per heavy atom. The third-order valence-corrected chi connectivity index (χ3v) is 6.65. The summed E-state index contributed by atoms with van der Waals surface area (Å²) in [6, 6.07) is 3.96. The molecule has 1 saturated heterocycles. The molecule has 3 rings (SSSR count). The van der Waals surface area contributed by atoms with E-state index >= 15 is 0 Å². The van der Waals surface area contributed by atoms with Crippen LogP contribution in [0.25, 0.3) is 0 Å². The van der Waals surface area contributed by atoms with Crippen molar-refractivity contribution >= 4 is 11.9 Å². The molecule has 228 valence electrons. The second-order valence-electron chi connectivity index (χ2n) is 9.17. The second kappa shape index (κ2) is 14.6. The summed E-state index contributed by atoms with van der Waals surface area (Å²) in [6.45, 7) is -1.59. The van der Waals surface area contributed by atoms with E-state index in [0.29, 0.717) is 5.56 Å². The highest BCUT2D eigenvalue weighted by atomic mass is 16.8. The lowest BCUT2D eigenvalue weighted by atomic mass is 9.86. The van der Waals surface area contributed by atoms with Gasteiger partial charge in [0, 0.05) is 18.6 Å². The largest absolute Gasteiger partial charge is 0.504 e. The molecular formula is C26H34O15. The lowest BCUT2D eigenvalue weighted by molar-refractivity contribution is -0.327. The molecule has 0 aromatic heterocycles. The van der Waals surface area contributed by atoms with Crippen molar-refractivity contribution in [1.29, 1.82) is 0 Å². The maximum Gasteiger partial charge on any atom is 0.337 e. The monoisotopic (exact) mass is 586 g/mol. The Labute approximate surface area is 234 Å². The van der Waals surface area contributed by atoms with Crippen LogP contribution in [0.15, 0.2) is 41.7 Å². The van der Waals surface area contributed by atoms with Crippen LogP contribution < -0.4 is 0 Å². The first-order valence-corrected chi connectivity index (χ1v) is 12.5. The van der Waals surface area contributed by atoms with Crippen LogP contribution in [0.5, 0.6) is 11.5 Å². The highest BCUT2D eigenvalue weighted by Crippen LogP contribution is 2.36. The predicted octanol–water partition coefficient (Wildman–Crippen LogP) is -1.52. The number of aliphatic hydroxyl groups is 5. The number of hydrogen-bond acceptors (Lipinski definition) is 15. The molecule has 1 aromatic rings. The molecule has 0 aliphatic carbocycles. The fourth-order valence-corrected chi connectivity index (χ4v) is 4.37. The number of rotatable bonds is 11. The molecule has 0 saturated carbocycles. The number of carbonyl (C=O) groups excluding carboxylic acids is 2. The molecule has 0 amide bonds. The van der Waals surface area contributed by atoms with E-state index < -0.39 is 86.3 Å². The van der Waals surface area contributed by atoms with Gasteiger partial charge in [0.15, 0.2) is 17.8 Å². The minimum absolute atomic E-state index is 0.0519. The molecule has 7 N–H and O–H groups in total. The zero-order valence-corrected chi connectivity index (χ0v) is 22.2. The van der Waals surface area contributed by atoms with E-state index in [0.717, 1.165) is 13.4 Å². The van der Waals surface area contributed by atoms with Crippen molar-refractivity contribution in [2.45, 2.75) is 49.5 Å². The van der Waals surface area contributed by atoms with Gasteiger partial charge in [0.25, 0.3) is 0 Å². The smallest absolute Gasteiger partial charge is 0.337 e. The Bertz CT molecular complexity index is 1120. The van der Waals surface area contributed by atoms with Gasteiger partial charge in [-0.1, -0.05) is 12.1 Å². The number of carbonyl (C=O) groups is 2. The number of aliphatic hydroxyl groups excluding tert-OH is 5. The quantitative estimate of drug-likeness (QED) is 0.0887. The molecule has 0 radical (unpaired) electrons. The van der Waals surface area contributed by atoms with Crippen LogP contribution in [0.1, 0.15) is 18.1 Å². The Morgan fingerprint density at radius 2 is 1.78 bits per heavy atom. The van der Waals surface area contributed by atoms with Crippen LogP contribution in [0.4, 0.5) is 0 Å². The molecule has 2 aliphatic heterocycles. The van der Waals surface area contributed by atoms with E-state index in [4.69, 9.17) is 28.4 Å². The summed E-state index contributed by atoms with van der Waals surface area (Å²) in [4.78, 5) is 25.4. The average Bonchev–Trinajstić information content (AvgIpc) is 2.96. The molecule has 15 heteroatoms. The molecular weight excluding hydrogens is 552 g/mol. The van der Waals surface area contributed by atoms with Crippen LogP contribution in [-0.4, -0.2) is 119 Å². The van der Waals surface area contributed by atoms with Crippen molar-refractivity contribution in [2.75, 3.05) is 34.0 Å². The summed E-state index contributed by atoms with van der Waals surface area (Å²) in [6.07, 6.45) is -8.60. The van der Waals surface area contributed by atoms with Gasteiger partial charge >= 0.3 is 11.9 Å². The number of aromatic hydroxyl groups is 2. The third-order valence-electron chi connectivity index (χ3n) is 6.65. The van der Waals surface area contributed by atoms with Crippen molar-refractivity contribution in [2.24, 2.45) is 5.92 Å². The molecule has 1 fully saturated rings. The summed E-state index contributed by atoms with van der Waals surface area (Å²) in [5, 5.41) is 68.9. The van der Waals surface area contributed by atoms with Gasteiger partial charge in [0.2, 0.25) is 6.29 Å². The standard InChI is InChI=1S/C26H34O15/c1-36-19(12-3-4-16(29)17(30)7-12)11-38-20(31)8-14-13(5-6-27)25(39-10-15(14)24(35)37-2)41-26-23(34)22(33)21(32)18(9-28)40-26/h3-5,7,10,14,18-19,21-23,25-30,32-34H,6,8-9,11H2,1-2H3/t14-,18+,19+,21+,22-,23+,25-,26-/m0/s1. The van der Waals surface area contributed by atoms with E-state index in [9.17, 15) is 45.3 Å². The van der Waals surface area contributed by atoms with Gasteiger partial charge in [-0.05, 0) is 17.7 Å². The normalized spacial score (nSPS) is 29.8. The van der Waals surface area contributed by atoms with E-state index in [1.54, 1.807) is 0 Å². The number of phenols is 2. The Kier molecular flexibility index (Phi) is 11.5. The first-order chi connectivity index (χ1) is 19.6. The Balaban J connectivity index is 1.79. The van der Waals surface area contributed by atoms with Gasteiger partial charge in [-0.25, -0.2) is 4.79 Å². The van der Waals surface area contributed by atoms with Crippen LogP contribution in [0.2, 0.25) is 0 Å². The van der Waals surface area contributed by atoms with Crippen molar-refractivity contribution in [3.05, 3.63) is 47.2 Å². The van der Waals surface area contributed by atoms with Crippen LogP contribution in [-0.2, 0) is 38.0 Å². The summed E-state index contributed by atoms with van der Waals surface area (Å²) < 4.78 is 32.0. The van der Waals surface area contributed by atoms with Crippen LogP contribution in [0.3, 0.4) is 0 Å². The molecule has 1 aromatic carbocycles. The molecule has 41 heavy (non-hydrogen) atoms. The summed E-state index contributed by atoms with van der Waals surface area (Å²) in [5.74, 6) is -3.51. The maximum absolute atomic E-state index is 12.9. The zero-order chi connectivity index (χ0) is 30.3. The zero-order valence-electron chi connectivity index (χ0n) is 22.2. The van der Waals surface area contributed by atoms with Crippen molar-refractivity contribution < 1.29 is 73.8 Å². The first-order valence-electron chi connectivity index (χ1n) is 12.5. The highest BCUT2D eigenvalue weighted by molar-refractivity contribution is 5.90. The second-order valence-corrected chi connectivity index (χ2v) is 9.17. The molecule has 2 aliphatic rings. The van der Waals surface area contributed by atoms with Crippen LogP contribution >= 0.6 is 0 Å². The van der Waals surface area contributed by atoms with Gasteiger partial charge in [-0.15, -0.1) is 0 Å². The Morgan fingerprint density at radius 3 is 2.39 bits per heavy atom. The van der Waals surface area contributed by atoms with Crippen molar-refractivity contribution in [1.82, 2.24) is 0 Å². The number of hydrogen-bond donors (Lipinski definition) is 7. The van der Waals surface area contributed by atoms with Gasteiger partial charge in [0.05, 0.1) is 38.6 Å². The minimum atomic E-state index is -1.77. The maximum atomic E-state index is 12.9. The summed E-state index contributed by atoms with van der Waals surface area (Å²) >= 11 is 0. The van der Waals surface area contributed by atoms with Gasteiger partial charge in [-0.2, -0.15) is 0 Å². The fourth-order valence-electron chi connectivity index (χ4n) is 4.37. The van der Waals surface area contributed by atoms with E-state index in [-0.39, 0.29) is 23.5 Å². The average molecular weight is 587 g/mol. The lowest BCUT2D eigenvalue weighted by Crippen LogP contribution is -2.60. The minimum Gasteiger partial charge on any atom is -0.504 e. The number of methoxy groups -OCH3 is 2. The Hall–Kier alpha value is -3.28. The topological polar surface area (TPSA) is 231 Å². The number of phenolic OH excluding ortho intramolecular Hbond substituents is 2. The number of esters is 2. The molecule has 15 nitrogen and oxygen atoms in total. The first kappa shape index (κ1) is 32.2. The van der Waals surface area contributed by atoms with Gasteiger partial charge in [0.1, 0.15) is 37.1 Å². The molecule has 0 unspecified atom stereocenters. The third kappa shape index (κ3) is 7.52. The SMILES string of the molecule is COC(=O)C1=CO[C@@H](O[C@@H]2O[C@H](CO)[C@@H](O)[C@H](O)[C@H]2O)C(=CCO)[C@@H]1CC(=O)OC[C@@H](OC)c1ccc(O)c(O)c1. The summed E-state index contributed by atoms with van der Waals surface area (Å²) in [7, 11) is 2.46. The van der Waals surface area contributed by atoms with Crippen molar-refractivity contribution in [3.8, 4) is 11.5 Å². The fraction of sp³-hybridized carbons (Fsp3) is 0.538. The van der Waals surface area contributed by atoms with E-state index in [2.05, 4.69) is 0 Å².